The van der Waals surface area contributed by atoms with E-state index in [-0.39, 0.29) is 17.7 Å². The lowest BCUT2D eigenvalue weighted by atomic mass is 10.4. The molecule has 7 nitrogen and oxygen atoms in total. The van der Waals surface area contributed by atoms with Crippen LogP contribution in [-0.4, -0.2) is 29.5 Å². The molecular weight excluding hydrogens is 200 g/mol. The Balaban J connectivity index is 2.72. The number of hydrogen-bond acceptors (Lipinski definition) is 5. The summed E-state index contributed by atoms with van der Waals surface area (Å²) in [6.45, 7) is 0.308. The molecule has 0 aliphatic heterocycles. The minimum atomic E-state index is -0.425. The lowest BCUT2D eigenvalue weighted by Crippen LogP contribution is -2.18. The van der Waals surface area contributed by atoms with Crippen molar-refractivity contribution < 1.29 is 9.53 Å². The van der Waals surface area contributed by atoms with Gasteiger partial charge in [-0.25, -0.2) is 4.98 Å². The van der Waals surface area contributed by atoms with Crippen LogP contribution in [0.5, 0.6) is 5.75 Å². The number of aromatic amines is 1. The van der Waals surface area contributed by atoms with Crippen LogP contribution in [0.3, 0.4) is 0 Å². The number of amides is 1. The van der Waals surface area contributed by atoms with E-state index in [1.807, 2.05) is 0 Å². The molecule has 0 saturated heterocycles. The number of anilines is 1. The van der Waals surface area contributed by atoms with E-state index in [1.54, 1.807) is 0 Å². The lowest BCUT2D eigenvalue weighted by Gasteiger charge is -2.07. The molecule has 0 aromatic carbocycles. The maximum absolute atomic E-state index is 11.2. The van der Waals surface area contributed by atoms with Crippen molar-refractivity contribution in [1.82, 2.24) is 9.97 Å². The van der Waals surface area contributed by atoms with E-state index in [2.05, 4.69) is 15.3 Å². The first kappa shape index (κ1) is 11.0. The maximum atomic E-state index is 11.2. The van der Waals surface area contributed by atoms with Crippen LogP contribution in [0.25, 0.3) is 0 Å². The van der Waals surface area contributed by atoms with E-state index in [1.165, 1.54) is 13.4 Å². The van der Waals surface area contributed by atoms with Gasteiger partial charge in [0, 0.05) is 13.0 Å². The van der Waals surface area contributed by atoms with E-state index in [0.29, 0.717) is 12.4 Å². The zero-order valence-corrected chi connectivity index (χ0v) is 8.24. The highest BCUT2D eigenvalue weighted by atomic mass is 16.5. The van der Waals surface area contributed by atoms with Crippen molar-refractivity contribution in [3.05, 3.63) is 16.7 Å². The molecule has 7 heteroatoms. The number of H-pyrrole nitrogens is 1. The predicted molar refractivity (Wildman–Crippen MR) is 53.7 cm³/mol. The molecule has 15 heavy (non-hydrogen) atoms. The van der Waals surface area contributed by atoms with Gasteiger partial charge in [-0.2, -0.15) is 0 Å². The van der Waals surface area contributed by atoms with Crippen LogP contribution in [0.4, 0.5) is 5.82 Å². The second kappa shape index (κ2) is 4.99. The third-order valence-electron chi connectivity index (χ3n) is 1.68. The fourth-order valence-corrected chi connectivity index (χ4v) is 1.01. The fraction of sp³-hybridized carbons (Fsp3) is 0.375. The van der Waals surface area contributed by atoms with Gasteiger partial charge in [-0.05, 0) is 0 Å². The standard InChI is InChI=1S/C8H12N4O3/c1-15-6-7(10-3-2-5(9)13)11-4-12-8(6)14/h4H,2-3H2,1H3,(H2,9,13)(H2,10,11,12,14). The summed E-state index contributed by atoms with van der Waals surface area (Å²) < 4.78 is 4.85. The number of nitrogens with zero attached hydrogens (tertiary/aromatic N) is 1. The van der Waals surface area contributed by atoms with Crippen LogP contribution in [0.15, 0.2) is 11.1 Å². The van der Waals surface area contributed by atoms with Crippen LogP contribution in [-0.2, 0) is 4.79 Å². The molecule has 0 bridgehead atoms. The number of rotatable bonds is 5. The molecular formula is C8H12N4O3. The number of primary amides is 1. The summed E-state index contributed by atoms with van der Waals surface area (Å²) in [5.41, 5.74) is 4.58. The van der Waals surface area contributed by atoms with Crippen LogP contribution >= 0.6 is 0 Å². The molecule has 1 aromatic rings. The summed E-state index contributed by atoms with van der Waals surface area (Å²) in [6.07, 6.45) is 1.41. The largest absolute Gasteiger partial charge is 0.489 e. The van der Waals surface area contributed by atoms with Crippen LogP contribution in [0, 0.1) is 0 Å². The highest BCUT2D eigenvalue weighted by Gasteiger charge is 2.07. The van der Waals surface area contributed by atoms with Gasteiger partial charge in [0.15, 0.2) is 5.82 Å². The van der Waals surface area contributed by atoms with Crippen molar-refractivity contribution in [1.29, 1.82) is 0 Å². The van der Waals surface area contributed by atoms with Gasteiger partial charge in [-0.3, -0.25) is 9.59 Å². The van der Waals surface area contributed by atoms with Gasteiger partial charge in [0.05, 0.1) is 13.4 Å². The second-order valence-electron chi connectivity index (χ2n) is 2.76. The van der Waals surface area contributed by atoms with E-state index in [0.717, 1.165) is 0 Å². The average Bonchev–Trinajstić information content (AvgIpc) is 2.17. The molecule has 0 aliphatic rings. The molecule has 0 atom stereocenters. The molecule has 0 unspecified atom stereocenters. The van der Waals surface area contributed by atoms with Crippen molar-refractivity contribution in [3.63, 3.8) is 0 Å². The zero-order chi connectivity index (χ0) is 11.3. The van der Waals surface area contributed by atoms with Crippen molar-refractivity contribution >= 4 is 11.7 Å². The molecule has 0 saturated carbocycles. The first-order chi connectivity index (χ1) is 7.15. The van der Waals surface area contributed by atoms with E-state index in [4.69, 9.17) is 10.5 Å². The molecule has 1 amide bonds. The monoisotopic (exact) mass is 212 g/mol. The van der Waals surface area contributed by atoms with Crippen LogP contribution < -0.4 is 21.3 Å². The van der Waals surface area contributed by atoms with Crippen molar-refractivity contribution in [2.24, 2.45) is 5.73 Å². The minimum Gasteiger partial charge on any atom is -0.489 e. The summed E-state index contributed by atoms with van der Waals surface area (Å²) in [5.74, 6) is -0.0456. The Morgan fingerprint density at radius 1 is 1.73 bits per heavy atom. The summed E-state index contributed by atoms with van der Waals surface area (Å²) in [7, 11) is 1.37. The molecule has 0 spiro atoms. The molecule has 0 fully saturated rings. The SMILES string of the molecule is COc1c(NCCC(N)=O)nc[nH]c1=O. The Labute approximate surface area is 85.7 Å². The van der Waals surface area contributed by atoms with Gasteiger partial charge in [-0.1, -0.05) is 0 Å². The number of aromatic nitrogens is 2. The molecule has 1 rings (SSSR count). The predicted octanol–water partition coefficient (Wildman–Crippen LogP) is -0.934. The number of carbonyl (C=O) groups is 1. The molecule has 1 aromatic heterocycles. The topological polar surface area (TPSA) is 110 Å². The first-order valence-corrected chi connectivity index (χ1v) is 4.29. The highest BCUT2D eigenvalue weighted by Crippen LogP contribution is 2.13. The fourth-order valence-electron chi connectivity index (χ4n) is 1.01. The lowest BCUT2D eigenvalue weighted by molar-refractivity contribution is -0.117. The second-order valence-corrected chi connectivity index (χ2v) is 2.76. The van der Waals surface area contributed by atoms with Gasteiger partial charge < -0.3 is 20.8 Å². The first-order valence-electron chi connectivity index (χ1n) is 4.29. The van der Waals surface area contributed by atoms with Gasteiger partial charge in [0.2, 0.25) is 11.7 Å². The number of nitrogens with two attached hydrogens (primary N) is 1. The van der Waals surface area contributed by atoms with Crippen LogP contribution in [0.1, 0.15) is 6.42 Å². The average molecular weight is 212 g/mol. The van der Waals surface area contributed by atoms with E-state index >= 15 is 0 Å². The summed E-state index contributed by atoms with van der Waals surface area (Å²) in [4.78, 5) is 27.9. The van der Waals surface area contributed by atoms with Crippen molar-refractivity contribution in [2.75, 3.05) is 19.0 Å². The Kier molecular flexibility index (Phi) is 3.67. The zero-order valence-electron chi connectivity index (χ0n) is 8.24. The van der Waals surface area contributed by atoms with Gasteiger partial charge in [0.25, 0.3) is 5.56 Å². The molecule has 82 valence electrons. The molecule has 0 radical (unpaired) electrons. The maximum Gasteiger partial charge on any atom is 0.295 e. The van der Waals surface area contributed by atoms with Gasteiger partial charge in [-0.15, -0.1) is 0 Å². The Morgan fingerprint density at radius 3 is 3.07 bits per heavy atom. The van der Waals surface area contributed by atoms with E-state index in [9.17, 15) is 9.59 Å². The smallest absolute Gasteiger partial charge is 0.295 e. The normalized spacial score (nSPS) is 9.67. The number of hydrogen-bond donors (Lipinski definition) is 3. The third-order valence-corrected chi connectivity index (χ3v) is 1.68. The summed E-state index contributed by atoms with van der Waals surface area (Å²) in [5, 5.41) is 2.78. The molecule has 4 N–H and O–H groups in total. The number of ether oxygens (including phenoxy) is 1. The quantitative estimate of drug-likeness (QED) is 0.583. The highest BCUT2D eigenvalue weighted by molar-refractivity contribution is 5.74. The molecule has 0 aliphatic carbocycles. The minimum absolute atomic E-state index is 0.0852. The van der Waals surface area contributed by atoms with Crippen molar-refractivity contribution in [3.8, 4) is 5.75 Å². The van der Waals surface area contributed by atoms with Crippen LogP contribution in [0.2, 0.25) is 0 Å². The Bertz CT molecular complexity index is 401. The van der Waals surface area contributed by atoms with Gasteiger partial charge in [0.1, 0.15) is 0 Å². The van der Waals surface area contributed by atoms with Gasteiger partial charge >= 0.3 is 0 Å². The van der Waals surface area contributed by atoms with Crippen molar-refractivity contribution in [2.45, 2.75) is 6.42 Å². The summed E-state index contributed by atoms with van der Waals surface area (Å²) >= 11 is 0. The third kappa shape index (κ3) is 2.97. The molecule has 1 heterocycles. The number of methoxy groups -OCH3 is 1. The number of nitrogens with one attached hydrogen (secondary N) is 2. The number of carbonyl (C=O) groups excluding carboxylic acids is 1. The summed E-state index contributed by atoms with van der Waals surface area (Å²) in [6, 6.07) is 0. The Morgan fingerprint density at radius 2 is 2.47 bits per heavy atom. The van der Waals surface area contributed by atoms with E-state index < -0.39 is 5.91 Å². The Hall–Kier alpha value is -2.05.